The first kappa shape index (κ1) is 12.2. The van der Waals surface area contributed by atoms with Crippen molar-refractivity contribution in [1.82, 2.24) is 20.0 Å². The maximum absolute atomic E-state index is 4.29. The fourth-order valence-electron chi connectivity index (χ4n) is 2.93. The molecule has 1 aromatic heterocycles. The number of hydrogen-bond acceptors (Lipinski definition) is 3. The van der Waals surface area contributed by atoms with E-state index >= 15 is 0 Å². The first-order chi connectivity index (χ1) is 8.81. The Kier molecular flexibility index (Phi) is 3.66. The molecule has 0 atom stereocenters. The molecular weight excluding hydrogens is 224 g/mol. The Labute approximate surface area is 109 Å². The topological polar surface area (TPSA) is 33.1 Å². The molecule has 1 saturated carbocycles. The number of rotatable bonds is 5. The van der Waals surface area contributed by atoms with Crippen LogP contribution in [0.2, 0.25) is 0 Å². The van der Waals surface area contributed by atoms with E-state index in [0.717, 1.165) is 18.5 Å². The van der Waals surface area contributed by atoms with Crippen molar-refractivity contribution in [3.63, 3.8) is 0 Å². The van der Waals surface area contributed by atoms with Crippen LogP contribution in [-0.4, -0.2) is 40.4 Å². The van der Waals surface area contributed by atoms with Crippen LogP contribution in [0.15, 0.2) is 12.4 Å². The van der Waals surface area contributed by atoms with E-state index in [0.29, 0.717) is 0 Å². The Morgan fingerprint density at radius 2 is 2.11 bits per heavy atom. The van der Waals surface area contributed by atoms with Gasteiger partial charge in [-0.25, -0.2) is 0 Å². The van der Waals surface area contributed by atoms with Crippen LogP contribution in [0.5, 0.6) is 0 Å². The molecule has 1 aliphatic carbocycles. The van der Waals surface area contributed by atoms with Gasteiger partial charge in [0.15, 0.2) is 0 Å². The van der Waals surface area contributed by atoms with E-state index in [1.54, 1.807) is 0 Å². The number of aryl methyl sites for hydroxylation is 1. The third kappa shape index (κ3) is 3.12. The van der Waals surface area contributed by atoms with E-state index < -0.39 is 0 Å². The van der Waals surface area contributed by atoms with Gasteiger partial charge in [-0.3, -0.25) is 9.58 Å². The van der Waals surface area contributed by atoms with Crippen LogP contribution in [0, 0.1) is 5.92 Å². The second kappa shape index (κ2) is 5.41. The summed E-state index contributed by atoms with van der Waals surface area (Å²) < 4.78 is 1.91. The van der Waals surface area contributed by atoms with E-state index in [2.05, 4.69) is 21.5 Å². The number of aromatic nitrogens is 2. The summed E-state index contributed by atoms with van der Waals surface area (Å²) in [5.41, 5.74) is 1.36. The highest BCUT2D eigenvalue weighted by Gasteiger charge is 2.29. The largest absolute Gasteiger partial charge is 0.317 e. The van der Waals surface area contributed by atoms with Crippen molar-refractivity contribution in [2.24, 2.45) is 13.0 Å². The van der Waals surface area contributed by atoms with E-state index in [4.69, 9.17) is 0 Å². The fourth-order valence-corrected chi connectivity index (χ4v) is 2.93. The van der Waals surface area contributed by atoms with Crippen molar-refractivity contribution in [3.05, 3.63) is 18.0 Å². The number of hydrogen-bond donors (Lipinski definition) is 1. The van der Waals surface area contributed by atoms with Gasteiger partial charge < -0.3 is 5.32 Å². The van der Waals surface area contributed by atoms with Gasteiger partial charge in [0.25, 0.3) is 0 Å². The average molecular weight is 248 g/mol. The fraction of sp³-hybridized carbons (Fsp3) is 0.786. The first-order valence-electron chi connectivity index (χ1n) is 7.23. The summed E-state index contributed by atoms with van der Waals surface area (Å²) in [7, 11) is 2.00. The van der Waals surface area contributed by atoms with Gasteiger partial charge in [0.05, 0.1) is 6.20 Å². The summed E-state index contributed by atoms with van der Waals surface area (Å²) in [6.07, 6.45) is 9.64. The Balaban J connectivity index is 1.63. The molecule has 0 bridgehead atoms. The average Bonchev–Trinajstić information content (AvgIpc) is 3.12. The molecule has 1 aliphatic heterocycles. The Morgan fingerprint density at radius 3 is 2.72 bits per heavy atom. The predicted molar refractivity (Wildman–Crippen MR) is 72.2 cm³/mol. The molecule has 4 heteroatoms. The molecule has 1 N–H and O–H groups in total. The summed E-state index contributed by atoms with van der Waals surface area (Å²) in [5.74, 6) is 0.969. The Bertz CT molecular complexity index is 377. The highest BCUT2D eigenvalue weighted by molar-refractivity contribution is 5.04. The minimum atomic E-state index is 0.770. The Morgan fingerprint density at radius 1 is 1.33 bits per heavy atom. The van der Waals surface area contributed by atoms with Crippen LogP contribution in [0.1, 0.15) is 31.2 Å². The van der Waals surface area contributed by atoms with E-state index in [1.165, 1.54) is 50.9 Å². The third-order valence-electron chi connectivity index (χ3n) is 4.16. The van der Waals surface area contributed by atoms with Crippen molar-refractivity contribution < 1.29 is 0 Å². The van der Waals surface area contributed by atoms with Gasteiger partial charge in [-0.05, 0) is 44.7 Å². The molecule has 0 amide bonds. The van der Waals surface area contributed by atoms with E-state index in [1.807, 2.05) is 17.9 Å². The standard InChI is InChI=1S/C14H24N4/c1-17-9-13(8-16-17)11-18(10-12-2-3-12)14-4-6-15-7-5-14/h8-9,12,14-15H,2-7,10-11H2,1H3. The molecule has 0 unspecified atom stereocenters. The summed E-state index contributed by atoms with van der Waals surface area (Å²) in [5, 5.41) is 7.75. The molecule has 100 valence electrons. The van der Waals surface area contributed by atoms with Gasteiger partial charge in [0, 0.05) is 37.9 Å². The summed E-state index contributed by atoms with van der Waals surface area (Å²) >= 11 is 0. The second-order valence-electron chi connectivity index (χ2n) is 5.88. The zero-order chi connectivity index (χ0) is 12.4. The molecule has 0 radical (unpaired) electrons. The van der Waals surface area contributed by atoms with Crippen molar-refractivity contribution in [1.29, 1.82) is 0 Å². The normalized spacial score (nSPS) is 21.7. The molecule has 2 heterocycles. The molecule has 18 heavy (non-hydrogen) atoms. The number of nitrogens with one attached hydrogen (secondary N) is 1. The summed E-state index contributed by atoms with van der Waals surface area (Å²) in [6, 6.07) is 0.770. The van der Waals surface area contributed by atoms with E-state index in [-0.39, 0.29) is 0 Å². The quantitative estimate of drug-likeness (QED) is 0.854. The smallest absolute Gasteiger partial charge is 0.0534 e. The van der Waals surface area contributed by atoms with Crippen molar-refractivity contribution in [2.75, 3.05) is 19.6 Å². The van der Waals surface area contributed by atoms with Crippen LogP contribution >= 0.6 is 0 Å². The monoisotopic (exact) mass is 248 g/mol. The minimum Gasteiger partial charge on any atom is -0.317 e. The molecule has 2 aliphatic rings. The van der Waals surface area contributed by atoms with Crippen LogP contribution in [0.4, 0.5) is 0 Å². The second-order valence-corrected chi connectivity index (χ2v) is 5.88. The molecule has 3 rings (SSSR count). The zero-order valence-corrected chi connectivity index (χ0v) is 11.3. The Hall–Kier alpha value is -0.870. The number of piperidine rings is 1. The lowest BCUT2D eigenvalue weighted by Crippen LogP contribution is -2.43. The van der Waals surface area contributed by atoms with Gasteiger partial charge in [-0.2, -0.15) is 5.10 Å². The lowest BCUT2D eigenvalue weighted by Gasteiger charge is -2.34. The zero-order valence-electron chi connectivity index (χ0n) is 11.3. The highest BCUT2D eigenvalue weighted by atomic mass is 15.2. The molecular formula is C14H24N4. The predicted octanol–water partition coefficient (Wildman–Crippen LogP) is 1.38. The minimum absolute atomic E-state index is 0.770. The molecule has 1 saturated heterocycles. The van der Waals surface area contributed by atoms with Crippen molar-refractivity contribution in [2.45, 2.75) is 38.3 Å². The molecule has 0 spiro atoms. The number of nitrogens with zero attached hydrogens (tertiary/aromatic N) is 3. The van der Waals surface area contributed by atoms with Gasteiger partial charge in [-0.15, -0.1) is 0 Å². The van der Waals surface area contributed by atoms with Crippen LogP contribution in [0.25, 0.3) is 0 Å². The maximum Gasteiger partial charge on any atom is 0.0534 e. The van der Waals surface area contributed by atoms with Crippen LogP contribution in [-0.2, 0) is 13.6 Å². The van der Waals surface area contributed by atoms with Gasteiger partial charge in [0.1, 0.15) is 0 Å². The van der Waals surface area contributed by atoms with E-state index in [9.17, 15) is 0 Å². The van der Waals surface area contributed by atoms with Gasteiger partial charge in [-0.1, -0.05) is 0 Å². The van der Waals surface area contributed by atoms with Gasteiger partial charge >= 0.3 is 0 Å². The highest BCUT2D eigenvalue weighted by Crippen LogP contribution is 2.31. The molecule has 2 fully saturated rings. The maximum atomic E-state index is 4.29. The summed E-state index contributed by atoms with van der Waals surface area (Å²) in [6.45, 7) is 4.73. The van der Waals surface area contributed by atoms with Crippen LogP contribution < -0.4 is 5.32 Å². The lowest BCUT2D eigenvalue weighted by atomic mass is 10.0. The van der Waals surface area contributed by atoms with Crippen molar-refractivity contribution >= 4 is 0 Å². The summed E-state index contributed by atoms with van der Waals surface area (Å²) in [4.78, 5) is 2.70. The third-order valence-corrected chi connectivity index (χ3v) is 4.16. The molecule has 0 aromatic carbocycles. The lowest BCUT2D eigenvalue weighted by molar-refractivity contribution is 0.147. The van der Waals surface area contributed by atoms with Crippen molar-refractivity contribution in [3.8, 4) is 0 Å². The van der Waals surface area contributed by atoms with Crippen LogP contribution in [0.3, 0.4) is 0 Å². The molecule has 1 aromatic rings. The van der Waals surface area contributed by atoms with Gasteiger partial charge in [0.2, 0.25) is 0 Å². The first-order valence-corrected chi connectivity index (χ1v) is 7.23. The SMILES string of the molecule is Cn1cc(CN(CC2CC2)C2CCNCC2)cn1. The molecule has 4 nitrogen and oxygen atoms in total.